The van der Waals surface area contributed by atoms with Crippen molar-refractivity contribution in [2.24, 2.45) is 0 Å². The molecule has 1 heterocycles. The van der Waals surface area contributed by atoms with Gasteiger partial charge in [0.05, 0.1) is 26.7 Å². The Hall–Kier alpha value is -0.643. The average molecular weight is 333 g/mol. The molecule has 0 aromatic heterocycles. The maximum absolute atomic E-state index is 10.6. The Morgan fingerprint density at radius 1 is 1.00 bits per heavy atom. The van der Waals surface area contributed by atoms with E-state index in [1.165, 1.54) is 80.3 Å². The summed E-state index contributed by atoms with van der Waals surface area (Å²) in [6.45, 7) is 3.96. The van der Waals surface area contributed by atoms with E-state index < -0.39 is 8.07 Å². The summed E-state index contributed by atoms with van der Waals surface area (Å²) in [5.41, 5.74) is 0.797. The van der Waals surface area contributed by atoms with E-state index in [4.69, 9.17) is 0 Å². The van der Waals surface area contributed by atoms with Crippen LogP contribution < -0.4 is 5.19 Å². The number of nitrogens with zero attached hydrogens (tertiary/aromatic N) is 1. The Morgan fingerprint density at radius 3 is 2.26 bits per heavy atom. The van der Waals surface area contributed by atoms with Gasteiger partial charge in [0.25, 0.3) is 0 Å². The smallest absolute Gasteiger partial charge is 0.123 e. The van der Waals surface area contributed by atoms with Crippen molar-refractivity contribution < 1.29 is 9.59 Å². The Kier molecular flexibility index (Phi) is 5.60. The van der Waals surface area contributed by atoms with Crippen LogP contribution in [0.15, 0.2) is 30.3 Å². The molecule has 0 amide bonds. The number of likely N-dealkylation sites (tertiary alicyclic amines) is 1. The summed E-state index contributed by atoms with van der Waals surface area (Å²) < 4.78 is 1.24. The zero-order valence-electron chi connectivity index (χ0n) is 14.8. The van der Waals surface area contributed by atoms with Gasteiger partial charge in [-0.05, 0) is 30.8 Å². The Morgan fingerprint density at radius 2 is 1.65 bits per heavy atom. The van der Waals surface area contributed by atoms with Gasteiger partial charge >= 0.3 is 0 Å². The highest BCUT2D eigenvalue weighted by Gasteiger charge is 2.45. The number of aliphatic hydroxyl groups excluding tert-OH is 1. The van der Waals surface area contributed by atoms with Gasteiger partial charge in [-0.2, -0.15) is 0 Å². The second kappa shape index (κ2) is 7.50. The molecule has 1 saturated heterocycles. The highest BCUT2D eigenvalue weighted by molar-refractivity contribution is 6.93. The quantitative estimate of drug-likeness (QED) is 0.625. The lowest BCUT2D eigenvalue weighted by Gasteiger charge is -2.42. The molecular formula is C20H34NOSi+. The molecule has 2 nitrogen and oxygen atoms in total. The largest absolute Gasteiger partial charge is 0.399 e. The Balaban J connectivity index is 1.82. The van der Waals surface area contributed by atoms with Crippen molar-refractivity contribution in [1.29, 1.82) is 0 Å². The molecule has 0 unspecified atom stereocenters. The molecule has 128 valence electrons. The van der Waals surface area contributed by atoms with E-state index >= 15 is 0 Å². The van der Waals surface area contributed by atoms with Gasteiger partial charge in [-0.3, -0.25) is 0 Å². The molecule has 1 N–H and O–H groups in total. The van der Waals surface area contributed by atoms with Gasteiger partial charge in [0.1, 0.15) is 8.07 Å². The zero-order chi connectivity index (χ0) is 16.2. The number of benzene rings is 1. The molecule has 1 atom stereocenters. The maximum Gasteiger partial charge on any atom is 0.123 e. The van der Waals surface area contributed by atoms with Crippen LogP contribution in [-0.2, 0) is 0 Å². The third kappa shape index (κ3) is 3.72. The number of piperidine rings is 1. The van der Waals surface area contributed by atoms with Gasteiger partial charge in [-0.15, -0.1) is 0 Å². The summed E-state index contributed by atoms with van der Waals surface area (Å²) in [6, 6.07) is 12.4. The monoisotopic (exact) mass is 332 g/mol. The van der Waals surface area contributed by atoms with Crippen LogP contribution in [0.3, 0.4) is 0 Å². The van der Waals surface area contributed by atoms with Crippen molar-refractivity contribution in [2.75, 3.05) is 32.9 Å². The minimum absolute atomic E-state index is 0.446. The second-order valence-electron chi connectivity index (χ2n) is 8.26. The number of hydrogen-bond donors (Lipinski definition) is 1. The highest BCUT2D eigenvalue weighted by atomic mass is 28.3. The lowest BCUT2D eigenvalue weighted by Crippen LogP contribution is -2.59. The van der Waals surface area contributed by atoms with Crippen LogP contribution in [0.2, 0.25) is 11.6 Å². The molecule has 1 aromatic rings. The summed E-state index contributed by atoms with van der Waals surface area (Å²) in [5.74, 6) is 0. The van der Waals surface area contributed by atoms with Crippen LogP contribution in [0.1, 0.15) is 44.9 Å². The molecule has 2 aliphatic rings. The van der Waals surface area contributed by atoms with Crippen LogP contribution in [-0.4, -0.2) is 50.6 Å². The Labute approximate surface area is 143 Å². The minimum atomic E-state index is -1.80. The van der Waals surface area contributed by atoms with Crippen molar-refractivity contribution in [3.63, 3.8) is 0 Å². The van der Waals surface area contributed by atoms with E-state index in [1.54, 1.807) is 0 Å². The molecule has 3 heteroatoms. The van der Waals surface area contributed by atoms with Gasteiger partial charge in [0.15, 0.2) is 0 Å². The number of aliphatic hydroxyl groups is 1. The van der Waals surface area contributed by atoms with E-state index in [-0.39, 0.29) is 0 Å². The predicted octanol–water partition coefficient (Wildman–Crippen LogP) is 3.45. The SMILES string of the molecule is C[N+]1(CC[Si@](CO)(c2ccccc2)C2CCCC2)CCCCC1. The number of rotatable bonds is 6. The van der Waals surface area contributed by atoms with E-state index in [2.05, 4.69) is 37.4 Å². The van der Waals surface area contributed by atoms with Crippen LogP contribution in [0.25, 0.3) is 0 Å². The molecule has 1 aliphatic carbocycles. The van der Waals surface area contributed by atoms with Crippen LogP contribution >= 0.6 is 0 Å². The van der Waals surface area contributed by atoms with Crippen molar-refractivity contribution in [2.45, 2.75) is 56.5 Å². The summed E-state index contributed by atoms with van der Waals surface area (Å²) in [4.78, 5) is 0. The third-order valence-corrected chi connectivity index (χ3v) is 12.1. The predicted molar refractivity (Wildman–Crippen MR) is 101 cm³/mol. The van der Waals surface area contributed by atoms with Crippen molar-refractivity contribution in [1.82, 2.24) is 0 Å². The summed E-state index contributed by atoms with van der Waals surface area (Å²) in [5, 5.41) is 12.1. The van der Waals surface area contributed by atoms with Gasteiger partial charge in [0.2, 0.25) is 0 Å². The highest BCUT2D eigenvalue weighted by Crippen LogP contribution is 2.40. The first-order chi connectivity index (χ1) is 11.2. The molecule has 23 heavy (non-hydrogen) atoms. The Bertz CT molecular complexity index is 480. The number of quaternary nitrogens is 1. The molecule has 1 aliphatic heterocycles. The fourth-order valence-corrected chi connectivity index (χ4v) is 10.2. The van der Waals surface area contributed by atoms with E-state index in [0.29, 0.717) is 6.23 Å². The summed E-state index contributed by atoms with van der Waals surface area (Å²) >= 11 is 0. The first-order valence-corrected chi connectivity index (χ1v) is 12.2. The molecular weight excluding hydrogens is 298 g/mol. The third-order valence-electron chi connectivity index (χ3n) is 6.76. The summed E-state index contributed by atoms with van der Waals surface area (Å²) in [6.07, 6.45) is 10.1. The fraction of sp³-hybridized carbons (Fsp3) is 0.700. The number of hydrogen-bond acceptors (Lipinski definition) is 1. The summed E-state index contributed by atoms with van der Waals surface area (Å²) in [7, 11) is 0.650. The standard InChI is InChI=1S/C20H34NOSi/c1-21(14-8-3-9-15-21)16-17-23(18-22,20-12-6-7-13-20)19-10-4-2-5-11-19/h2,4-5,10-11,20,22H,3,6-9,12-18H2,1H3/q+1/t23-/m0/s1. The van der Waals surface area contributed by atoms with E-state index in [0.717, 1.165) is 5.54 Å². The first kappa shape index (κ1) is 17.2. The van der Waals surface area contributed by atoms with Gasteiger partial charge in [-0.25, -0.2) is 0 Å². The van der Waals surface area contributed by atoms with Crippen molar-refractivity contribution >= 4 is 13.3 Å². The van der Waals surface area contributed by atoms with Crippen molar-refractivity contribution in [3.8, 4) is 0 Å². The molecule has 0 bridgehead atoms. The van der Waals surface area contributed by atoms with E-state index in [9.17, 15) is 5.11 Å². The van der Waals surface area contributed by atoms with Crippen LogP contribution in [0.4, 0.5) is 0 Å². The topological polar surface area (TPSA) is 20.2 Å². The lowest BCUT2D eigenvalue weighted by molar-refractivity contribution is -0.912. The fourth-order valence-electron chi connectivity index (χ4n) is 5.10. The minimum Gasteiger partial charge on any atom is -0.399 e. The van der Waals surface area contributed by atoms with Crippen LogP contribution in [0.5, 0.6) is 0 Å². The lowest BCUT2D eigenvalue weighted by atomic mass is 10.1. The van der Waals surface area contributed by atoms with Gasteiger partial charge in [-0.1, -0.05) is 61.2 Å². The van der Waals surface area contributed by atoms with E-state index in [1.807, 2.05) is 0 Å². The van der Waals surface area contributed by atoms with Crippen LogP contribution in [0, 0.1) is 0 Å². The normalized spacial score (nSPS) is 24.4. The molecule has 1 aromatic carbocycles. The van der Waals surface area contributed by atoms with Gasteiger partial charge in [0, 0.05) is 6.23 Å². The first-order valence-electron chi connectivity index (χ1n) is 9.69. The van der Waals surface area contributed by atoms with Crippen molar-refractivity contribution in [3.05, 3.63) is 30.3 Å². The zero-order valence-corrected chi connectivity index (χ0v) is 15.8. The second-order valence-corrected chi connectivity index (χ2v) is 12.8. The molecule has 0 spiro atoms. The molecule has 1 saturated carbocycles. The molecule has 0 radical (unpaired) electrons. The average Bonchev–Trinajstić information content (AvgIpc) is 3.13. The maximum atomic E-state index is 10.6. The van der Waals surface area contributed by atoms with Gasteiger partial charge < -0.3 is 9.59 Å². The molecule has 3 rings (SSSR count). The molecule has 2 fully saturated rings.